The monoisotopic (exact) mass is 198 g/mol. The minimum absolute atomic E-state index is 0.131. The second kappa shape index (κ2) is 3.77. The van der Waals surface area contributed by atoms with Gasteiger partial charge in [-0.3, -0.25) is 4.90 Å². The Hall–Kier alpha value is -0.160. The van der Waals surface area contributed by atoms with Gasteiger partial charge in [-0.2, -0.15) is 0 Å². The third-order valence-electron chi connectivity index (χ3n) is 3.30. The van der Waals surface area contributed by atoms with Crippen molar-refractivity contribution >= 4 is 0 Å². The van der Waals surface area contributed by atoms with E-state index in [1.807, 2.05) is 19.1 Å². The van der Waals surface area contributed by atoms with Crippen molar-refractivity contribution < 1.29 is 0 Å². The first-order valence-corrected chi connectivity index (χ1v) is 5.54. The molecule has 0 aromatic rings. The van der Waals surface area contributed by atoms with Gasteiger partial charge in [-0.15, -0.1) is 0 Å². The van der Waals surface area contributed by atoms with Crippen molar-refractivity contribution in [1.82, 2.24) is 15.3 Å². The highest BCUT2D eigenvalue weighted by Crippen LogP contribution is 2.33. The van der Waals surface area contributed by atoms with Gasteiger partial charge in [-0.05, 0) is 19.3 Å². The summed E-state index contributed by atoms with van der Waals surface area (Å²) < 4.78 is 0. The second-order valence-corrected chi connectivity index (χ2v) is 4.94. The molecule has 2 aliphatic rings. The Balaban J connectivity index is 1.93. The summed E-state index contributed by atoms with van der Waals surface area (Å²) in [5, 5.41) is 2.03. The number of hydrogen-bond acceptors (Lipinski definition) is 4. The van der Waals surface area contributed by atoms with Crippen LogP contribution >= 0.6 is 0 Å². The molecule has 1 saturated heterocycles. The molecule has 0 spiro atoms. The Morgan fingerprint density at radius 3 is 2.71 bits per heavy atom. The van der Waals surface area contributed by atoms with Crippen molar-refractivity contribution in [1.29, 1.82) is 0 Å². The molecule has 3 N–H and O–H groups in total. The highest BCUT2D eigenvalue weighted by atomic mass is 15.5. The van der Waals surface area contributed by atoms with E-state index < -0.39 is 0 Å². The number of likely N-dealkylation sites (tertiary alicyclic amines) is 1. The highest BCUT2D eigenvalue weighted by molar-refractivity contribution is 5.01. The first kappa shape index (κ1) is 10.4. The SMILES string of the molecule is CN(C)NC1(CN)CCN(C2CC2)C1. The van der Waals surface area contributed by atoms with E-state index in [2.05, 4.69) is 10.3 Å². The summed E-state index contributed by atoms with van der Waals surface area (Å²) >= 11 is 0. The topological polar surface area (TPSA) is 44.5 Å². The maximum absolute atomic E-state index is 5.88. The first-order chi connectivity index (χ1) is 6.65. The third-order valence-corrected chi connectivity index (χ3v) is 3.30. The predicted octanol–water partition coefficient (Wildman–Crippen LogP) is -0.382. The van der Waals surface area contributed by atoms with E-state index in [0.29, 0.717) is 0 Å². The minimum Gasteiger partial charge on any atom is -0.329 e. The van der Waals surface area contributed by atoms with Gasteiger partial charge in [0.1, 0.15) is 0 Å². The summed E-state index contributed by atoms with van der Waals surface area (Å²) in [6, 6.07) is 0.868. The number of nitrogens with zero attached hydrogens (tertiary/aromatic N) is 2. The molecule has 1 saturated carbocycles. The van der Waals surface area contributed by atoms with Gasteiger partial charge in [0, 0.05) is 39.8 Å². The average molecular weight is 198 g/mol. The molecule has 1 aliphatic heterocycles. The van der Waals surface area contributed by atoms with Crippen LogP contribution in [0.5, 0.6) is 0 Å². The first-order valence-electron chi connectivity index (χ1n) is 5.54. The van der Waals surface area contributed by atoms with E-state index in [4.69, 9.17) is 5.73 Å². The smallest absolute Gasteiger partial charge is 0.0586 e. The Labute approximate surface area is 86.4 Å². The Kier molecular flexibility index (Phi) is 2.79. The lowest BCUT2D eigenvalue weighted by atomic mass is 10.0. The molecule has 1 aliphatic carbocycles. The maximum atomic E-state index is 5.88. The van der Waals surface area contributed by atoms with Gasteiger partial charge in [-0.25, -0.2) is 10.4 Å². The maximum Gasteiger partial charge on any atom is 0.0586 e. The summed E-state index contributed by atoms with van der Waals surface area (Å²) in [5.74, 6) is 0. The molecule has 1 atom stereocenters. The van der Waals surface area contributed by atoms with E-state index in [1.54, 1.807) is 0 Å². The van der Waals surface area contributed by atoms with Crippen molar-refractivity contribution in [2.24, 2.45) is 5.73 Å². The molecule has 0 aromatic carbocycles. The molecule has 2 rings (SSSR count). The molecule has 0 bridgehead atoms. The van der Waals surface area contributed by atoms with Gasteiger partial charge in [0.2, 0.25) is 0 Å². The van der Waals surface area contributed by atoms with E-state index in [1.165, 1.54) is 25.8 Å². The normalized spacial score (nSPS) is 34.3. The standard InChI is InChI=1S/C10H22N4/c1-13(2)12-10(7-11)5-6-14(8-10)9-3-4-9/h9,12H,3-8,11H2,1-2H3. The van der Waals surface area contributed by atoms with Gasteiger partial charge in [0.15, 0.2) is 0 Å². The molecule has 0 aromatic heterocycles. The van der Waals surface area contributed by atoms with Crippen molar-refractivity contribution in [3.05, 3.63) is 0 Å². The van der Waals surface area contributed by atoms with Crippen molar-refractivity contribution in [2.75, 3.05) is 33.7 Å². The Morgan fingerprint density at radius 1 is 1.50 bits per heavy atom. The fraction of sp³-hybridized carbons (Fsp3) is 1.00. The second-order valence-electron chi connectivity index (χ2n) is 4.94. The highest BCUT2D eigenvalue weighted by Gasteiger charge is 2.42. The zero-order chi connectivity index (χ0) is 10.2. The molecule has 0 radical (unpaired) electrons. The molecule has 1 unspecified atom stereocenters. The van der Waals surface area contributed by atoms with Crippen LogP contribution in [-0.2, 0) is 0 Å². The van der Waals surface area contributed by atoms with Gasteiger partial charge in [-0.1, -0.05) is 0 Å². The van der Waals surface area contributed by atoms with Crippen molar-refractivity contribution in [3.8, 4) is 0 Å². The summed E-state index contributed by atoms with van der Waals surface area (Å²) in [6.07, 6.45) is 3.96. The molecule has 0 amide bonds. The van der Waals surface area contributed by atoms with Crippen molar-refractivity contribution in [3.63, 3.8) is 0 Å². The zero-order valence-corrected chi connectivity index (χ0v) is 9.29. The van der Waals surface area contributed by atoms with Crippen LogP contribution in [0.3, 0.4) is 0 Å². The largest absolute Gasteiger partial charge is 0.329 e. The lowest BCUT2D eigenvalue weighted by Crippen LogP contribution is -2.57. The van der Waals surface area contributed by atoms with Gasteiger partial charge in [0.05, 0.1) is 5.54 Å². The molecule has 2 fully saturated rings. The van der Waals surface area contributed by atoms with Crippen LogP contribution in [0.1, 0.15) is 19.3 Å². The Morgan fingerprint density at radius 2 is 2.21 bits per heavy atom. The van der Waals surface area contributed by atoms with Crippen LogP contribution in [0, 0.1) is 0 Å². The number of nitrogens with one attached hydrogen (secondary N) is 1. The average Bonchev–Trinajstić information content (AvgIpc) is 2.89. The van der Waals surface area contributed by atoms with Crippen LogP contribution < -0.4 is 11.2 Å². The lowest BCUT2D eigenvalue weighted by Gasteiger charge is -2.32. The van der Waals surface area contributed by atoms with E-state index in [-0.39, 0.29) is 5.54 Å². The quantitative estimate of drug-likeness (QED) is 0.604. The van der Waals surface area contributed by atoms with Crippen LogP contribution in [0.15, 0.2) is 0 Å². The van der Waals surface area contributed by atoms with Crippen LogP contribution in [0.4, 0.5) is 0 Å². The zero-order valence-electron chi connectivity index (χ0n) is 9.29. The lowest BCUT2D eigenvalue weighted by molar-refractivity contribution is 0.160. The van der Waals surface area contributed by atoms with Crippen LogP contribution in [0.25, 0.3) is 0 Å². The van der Waals surface area contributed by atoms with E-state index in [0.717, 1.165) is 19.1 Å². The number of rotatable bonds is 4. The third kappa shape index (κ3) is 2.08. The van der Waals surface area contributed by atoms with Crippen LogP contribution in [-0.4, -0.2) is 55.2 Å². The van der Waals surface area contributed by atoms with Crippen LogP contribution in [0.2, 0.25) is 0 Å². The van der Waals surface area contributed by atoms with Crippen molar-refractivity contribution in [2.45, 2.75) is 30.8 Å². The number of hydrogen-bond donors (Lipinski definition) is 2. The summed E-state index contributed by atoms with van der Waals surface area (Å²) in [4.78, 5) is 2.59. The summed E-state index contributed by atoms with van der Waals surface area (Å²) in [6.45, 7) is 3.06. The van der Waals surface area contributed by atoms with Gasteiger partial charge < -0.3 is 5.73 Å². The molecular formula is C10H22N4. The minimum atomic E-state index is 0.131. The van der Waals surface area contributed by atoms with Gasteiger partial charge >= 0.3 is 0 Å². The number of hydrazine groups is 1. The fourth-order valence-corrected chi connectivity index (χ4v) is 2.43. The molecule has 82 valence electrons. The molecule has 4 heteroatoms. The van der Waals surface area contributed by atoms with E-state index >= 15 is 0 Å². The molecule has 1 heterocycles. The predicted molar refractivity (Wildman–Crippen MR) is 57.8 cm³/mol. The summed E-state index contributed by atoms with van der Waals surface area (Å²) in [5.41, 5.74) is 9.50. The van der Waals surface area contributed by atoms with E-state index in [9.17, 15) is 0 Å². The molecular weight excluding hydrogens is 176 g/mol. The Bertz CT molecular complexity index is 202. The van der Waals surface area contributed by atoms with Gasteiger partial charge in [0.25, 0.3) is 0 Å². The fourth-order valence-electron chi connectivity index (χ4n) is 2.43. The molecule has 14 heavy (non-hydrogen) atoms. The molecule has 4 nitrogen and oxygen atoms in total. The summed E-state index contributed by atoms with van der Waals surface area (Å²) in [7, 11) is 4.08. The number of nitrogens with two attached hydrogens (primary N) is 1.